The van der Waals surface area contributed by atoms with E-state index in [9.17, 15) is 4.39 Å². The lowest BCUT2D eigenvalue weighted by atomic mass is 9.95. The summed E-state index contributed by atoms with van der Waals surface area (Å²) in [5.74, 6) is -0.357. The van der Waals surface area contributed by atoms with E-state index in [1.807, 2.05) is 48.8 Å². The quantitative estimate of drug-likeness (QED) is 0.401. The molecule has 25 heavy (non-hydrogen) atoms. The van der Waals surface area contributed by atoms with Crippen molar-refractivity contribution in [2.24, 2.45) is 0 Å². The van der Waals surface area contributed by atoms with Crippen molar-refractivity contribution in [1.82, 2.24) is 15.0 Å². The van der Waals surface area contributed by atoms with Crippen LogP contribution in [0, 0.1) is 5.82 Å². The summed E-state index contributed by atoms with van der Waals surface area (Å²) in [5, 5.41) is 3.88. The highest BCUT2D eigenvalue weighted by atomic mass is 19.1. The van der Waals surface area contributed by atoms with Crippen LogP contribution in [0.3, 0.4) is 0 Å². The Hall–Kier alpha value is -3.40. The van der Waals surface area contributed by atoms with Gasteiger partial charge in [0.25, 0.3) is 0 Å². The van der Waals surface area contributed by atoms with Crippen molar-refractivity contribution >= 4 is 32.6 Å². The zero-order chi connectivity index (χ0) is 16.8. The van der Waals surface area contributed by atoms with Gasteiger partial charge in [-0.2, -0.15) is 0 Å². The number of rotatable bonds is 1. The van der Waals surface area contributed by atoms with Gasteiger partial charge in [0.15, 0.2) is 0 Å². The van der Waals surface area contributed by atoms with Gasteiger partial charge in [0, 0.05) is 40.3 Å². The molecule has 0 spiro atoms. The van der Waals surface area contributed by atoms with Gasteiger partial charge in [-0.1, -0.05) is 30.3 Å². The van der Waals surface area contributed by atoms with Crippen LogP contribution in [0.2, 0.25) is 0 Å². The molecule has 5 rings (SSSR count). The Balaban J connectivity index is 1.97. The monoisotopic (exact) mass is 325 g/mol. The summed E-state index contributed by atoms with van der Waals surface area (Å²) < 4.78 is 13.7. The van der Waals surface area contributed by atoms with E-state index < -0.39 is 0 Å². The molecule has 0 unspecified atom stereocenters. The number of halogens is 1. The number of hydrogen-bond donors (Lipinski definition) is 0. The van der Waals surface area contributed by atoms with Crippen molar-refractivity contribution in [2.75, 3.05) is 0 Å². The van der Waals surface area contributed by atoms with Crippen LogP contribution in [0.15, 0.2) is 73.3 Å². The van der Waals surface area contributed by atoms with Gasteiger partial charge in [0.1, 0.15) is 5.82 Å². The predicted octanol–water partition coefficient (Wildman–Crippen LogP) is 5.14. The van der Waals surface area contributed by atoms with Crippen LogP contribution < -0.4 is 0 Å². The van der Waals surface area contributed by atoms with Gasteiger partial charge in [0.2, 0.25) is 0 Å². The van der Waals surface area contributed by atoms with Crippen molar-refractivity contribution in [1.29, 1.82) is 0 Å². The third-order valence-corrected chi connectivity index (χ3v) is 4.46. The Morgan fingerprint density at radius 3 is 2.52 bits per heavy atom. The lowest BCUT2D eigenvalue weighted by Crippen LogP contribution is -1.91. The van der Waals surface area contributed by atoms with Crippen LogP contribution in [-0.4, -0.2) is 15.0 Å². The summed E-state index contributed by atoms with van der Waals surface area (Å²) in [5.41, 5.74) is 3.45. The van der Waals surface area contributed by atoms with E-state index in [0.29, 0.717) is 5.52 Å². The van der Waals surface area contributed by atoms with E-state index in [0.717, 1.165) is 38.2 Å². The average Bonchev–Trinajstić information content (AvgIpc) is 2.66. The second kappa shape index (κ2) is 5.31. The van der Waals surface area contributed by atoms with Gasteiger partial charge in [-0.25, -0.2) is 4.39 Å². The number of nitrogens with zero attached hydrogens (tertiary/aromatic N) is 3. The van der Waals surface area contributed by atoms with Gasteiger partial charge in [-0.15, -0.1) is 0 Å². The van der Waals surface area contributed by atoms with E-state index >= 15 is 0 Å². The second-order valence-corrected chi connectivity index (χ2v) is 5.96. The first-order valence-electron chi connectivity index (χ1n) is 7.97. The molecule has 0 atom stereocenters. The minimum absolute atomic E-state index is 0.357. The van der Waals surface area contributed by atoms with E-state index in [1.54, 1.807) is 6.20 Å². The van der Waals surface area contributed by atoms with Crippen molar-refractivity contribution in [3.63, 3.8) is 0 Å². The van der Waals surface area contributed by atoms with Crippen molar-refractivity contribution < 1.29 is 4.39 Å². The molecule has 0 fully saturated rings. The molecule has 0 bridgehead atoms. The summed E-state index contributed by atoms with van der Waals surface area (Å²) >= 11 is 0. The number of benzene rings is 2. The standard InChI is InChI=1S/C21H12FN3/c22-15-8-14-9-18(17-6-3-7-24-21(17)20(14)25-11-15)19-12-23-10-13-4-1-2-5-16(13)19/h1-12H. The zero-order valence-electron chi connectivity index (χ0n) is 13.1. The van der Waals surface area contributed by atoms with Crippen molar-refractivity contribution in [3.05, 3.63) is 79.1 Å². The van der Waals surface area contributed by atoms with E-state index in [4.69, 9.17) is 0 Å². The molecule has 3 heterocycles. The molecule has 5 aromatic rings. The van der Waals surface area contributed by atoms with Crippen molar-refractivity contribution in [2.45, 2.75) is 0 Å². The maximum absolute atomic E-state index is 13.7. The molecule has 0 aliphatic rings. The topological polar surface area (TPSA) is 38.7 Å². The van der Waals surface area contributed by atoms with Crippen LogP contribution in [0.5, 0.6) is 0 Å². The van der Waals surface area contributed by atoms with Crippen LogP contribution in [0.1, 0.15) is 0 Å². The Morgan fingerprint density at radius 1 is 0.680 bits per heavy atom. The Labute approximate surface area is 142 Å². The van der Waals surface area contributed by atoms with Crippen LogP contribution in [0.25, 0.3) is 43.7 Å². The zero-order valence-corrected chi connectivity index (χ0v) is 13.1. The summed E-state index contributed by atoms with van der Waals surface area (Å²) in [4.78, 5) is 13.1. The molecular weight excluding hydrogens is 313 g/mol. The third kappa shape index (κ3) is 2.15. The fourth-order valence-corrected chi connectivity index (χ4v) is 3.36. The van der Waals surface area contributed by atoms with Crippen LogP contribution in [0.4, 0.5) is 4.39 Å². The average molecular weight is 325 g/mol. The van der Waals surface area contributed by atoms with Gasteiger partial charge >= 0.3 is 0 Å². The van der Waals surface area contributed by atoms with Crippen LogP contribution >= 0.6 is 0 Å². The number of fused-ring (bicyclic) bond motifs is 4. The molecule has 3 nitrogen and oxygen atoms in total. The van der Waals surface area contributed by atoms with E-state index in [1.165, 1.54) is 12.3 Å². The summed E-state index contributed by atoms with van der Waals surface area (Å²) in [6, 6.07) is 15.5. The molecule has 4 heteroatoms. The molecule has 0 saturated heterocycles. The fraction of sp³-hybridized carbons (Fsp3) is 0. The fourth-order valence-electron chi connectivity index (χ4n) is 3.36. The Kier molecular flexibility index (Phi) is 2.97. The Morgan fingerprint density at radius 2 is 1.56 bits per heavy atom. The highest BCUT2D eigenvalue weighted by Gasteiger charge is 2.13. The maximum Gasteiger partial charge on any atom is 0.142 e. The molecule has 3 aromatic heterocycles. The molecule has 0 N–H and O–H groups in total. The third-order valence-electron chi connectivity index (χ3n) is 4.46. The first-order valence-corrected chi connectivity index (χ1v) is 7.97. The lowest BCUT2D eigenvalue weighted by molar-refractivity contribution is 0.624. The van der Waals surface area contributed by atoms with Gasteiger partial charge in [-0.05, 0) is 29.1 Å². The molecule has 2 aromatic carbocycles. The van der Waals surface area contributed by atoms with Gasteiger partial charge < -0.3 is 0 Å². The first-order chi connectivity index (χ1) is 12.3. The molecule has 0 saturated carbocycles. The van der Waals surface area contributed by atoms with Gasteiger partial charge in [-0.3, -0.25) is 15.0 Å². The molecule has 0 radical (unpaired) electrons. The summed E-state index contributed by atoms with van der Waals surface area (Å²) in [7, 11) is 0. The molecule has 118 valence electrons. The Bertz CT molecular complexity index is 1260. The van der Waals surface area contributed by atoms with Gasteiger partial charge in [0.05, 0.1) is 17.2 Å². The molecular formula is C21H12FN3. The number of pyridine rings is 3. The predicted molar refractivity (Wildman–Crippen MR) is 97.7 cm³/mol. The minimum Gasteiger partial charge on any atom is -0.263 e. The highest BCUT2D eigenvalue weighted by molar-refractivity contribution is 6.13. The first kappa shape index (κ1) is 14.0. The molecule has 0 aliphatic heterocycles. The minimum atomic E-state index is -0.357. The summed E-state index contributed by atoms with van der Waals surface area (Å²) in [6.07, 6.45) is 6.66. The number of aromatic nitrogens is 3. The maximum atomic E-state index is 13.7. The number of hydrogen-bond acceptors (Lipinski definition) is 3. The molecule has 0 aliphatic carbocycles. The lowest BCUT2D eigenvalue weighted by Gasteiger charge is -2.11. The van der Waals surface area contributed by atoms with E-state index in [-0.39, 0.29) is 5.82 Å². The summed E-state index contributed by atoms with van der Waals surface area (Å²) in [6.45, 7) is 0. The van der Waals surface area contributed by atoms with Crippen molar-refractivity contribution in [3.8, 4) is 11.1 Å². The molecule has 0 amide bonds. The SMILES string of the molecule is Fc1cnc2c(c1)cc(-c1cncc3ccccc13)c1cccnc12. The smallest absolute Gasteiger partial charge is 0.142 e. The second-order valence-electron chi connectivity index (χ2n) is 5.96. The largest absolute Gasteiger partial charge is 0.263 e. The normalized spacial score (nSPS) is 11.4. The van der Waals surface area contributed by atoms with E-state index in [2.05, 4.69) is 21.0 Å². The van der Waals surface area contributed by atoms with Crippen LogP contribution in [-0.2, 0) is 0 Å². The highest BCUT2D eigenvalue weighted by Crippen LogP contribution is 2.36.